The van der Waals surface area contributed by atoms with Crippen molar-refractivity contribution in [1.82, 2.24) is 9.13 Å². The first-order valence-corrected chi connectivity index (χ1v) is 50.8. The second-order valence-electron chi connectivity index (χ2n) is 37.3. The third-order valence-corrected chi connectivity index (χ3v) is 32.9. The molecule has 0 saturated carbocycles. The molecule has 4 aliphatic rings. The maximum absolute atomic E-state index is 3.69. The smallest absolute Gasteiger partial charge is 0.0726 e. The molecule has 0 aliphatic heterocycles. The number of para-hydroxylation sites is 4. The lowest BCUT2D eigenvalue weighted by atomic mass is 9.70. The summed E-state index contributed by atoms with van der Waals surface area (Å²) in [6.07, 6.45) is 0. The molecular formula is C134H85BrN4S2. The Morgan fingerprint density at radius 2 is 0.511 bits per heavy atom. The number of benzene rings is 22. The molecule has 0 fully saturated rings. The molecule has 2 spiro atoms. The summed E-state index contributed by atoms with van der Waals surface area (Å²) in [5.74, 6) is 0. The van der Waals surface area contributed by atoms with Gasteiger partial charge in [0.25, 0.3) is 0 Å². The molecule has 4 aromatic heterocycles. The predicted octanol–water partition coefficient (Wildman–Crippen LogP) is 37.3. The summed E-state index contributed by atoms with van der Waals surface area (Å²) in [7, 11) is 0. The molecule has 26 aromatic rings. The van der Waals surface area contributed by atoms with Crippen molar-refractivity contribution in [2.75, 3.05) is 10.2 Å². The van der Waals surface area contributed by atoms with Gasteiger partial charge in [-0.2, -0.15) is 0 Å². The molecule has 7 heteroatoms. The highest BCUT2D eigenvalue weighted by molar-refractivity contribution is 9.10. The Kier molecular flexibility index (Phi) is 19.3. The number of fused-ring (bicyclic) bond motifs is 34. The Morgan fingerprint density at radius 1 is 0.213 bits per heavy atom. The normalized spacial score (nSPS) is 12.8. The van der Waals surface area contributed by atoms with Gasteiger partial charge in [-0.25, -0.2) is 0 Å². The van der Waals surface area contributed by atoms with Gasteiger partial charge in [-0.05, 0) is 256 Å². The average molecular weight is 1900 g/mol. The number of anilines is 5. The molecule has 30 rings (SSSR count). The molecule has 141 heavy (non-hydrogen) atoms. The van der Waals surface area contributed by atoms with Crippen LogP contribution in [-0.2, 0) is 10.8 Å². The van der Waals surface area contributed by atoms with Crippen molar-refractivity contribution in [3.8, 4) is 100 Å². The van der Waals surface area contributed by atoms with Crippen molar-refractivity contribution < 1.29 is 0 Å². The van der Waals surface area contributed by atoms with Crippen LogP contribution in [0.4, 0.5) is 28.4 Å². The van der Waals surface area contributed by atoms with Crippen molar-refractivity contribution in [3.63, 3.8) is 0 Å². The summed E-state index contributed by atoms with van der Waals surface area (Å²) in [6.45, 7) is 0. The fourth-order valence-corrected chi connectivity index (χ4v) is 26.8. The summed E-state index contributed by atoms with van der Waals surface area (Å²) < 4.78 is 11.3. The van der Waals surface area contributed by atoms with E-state index in [1.807, 2.05) is 22.7 Å². The molecule has 4 nitrogen and oxygen atoms in total. The van der Waals surface area contributed by atoms with Crippen LogP contribution in [0.1, 0.15) is 44.5 Å². The maximum Gasteiger partial charge on any atom is 0.0726 e. The number of halogens is 1. The highest BCUT2D eigenvalue weighted by Gasteiger charge is 2.53. The third kappa shape index (κ3) is 12.8. The van der Waals surface area contributed by atoms with Gasteiger partial charge in [-0.3, -0.25) is 0 Å². The molecule has 0 atom stereocenters. The molecule has 4 aliphatic carbocycles. The van der Waals surface area contributed by atoms with Crippen LogP contribution >= 0.6 is 38.6 Å². The van der Waals surface area contributed by atoms with Crippen molar-refractivity contribution >= 4 is 151 Å². The first-order chi connectivity index (χ1) is 69.9. The van der Waals surface area contributed by atoms with E-state index in [0.29, 0.717) is 0 Å². The van der Waals surface area contributed by atoms with Gasteiger partial charge in [0, 0.05) is 117 Å². The first kappa shape index (κ1) is 82.2. The van der Waals surface area contributed by atoms with Crippen molar-refractivity contribution in [3.05, 3.63) is 559 Å². The second kappa shape index (κ2) is 33.1. The summed E-state index contributed by atoms with van der Waals surface area (Å²) in [5.41, 5.74) is 43.3. The Bertz CT molecular complexity index is 9380. The fourth-order valence-electron chi connectivity index (χ4n) is 24.0. The van der Waals surface area contributed by atoms with Crippen LogP contribution in [0.25, 0.3) is 184 Å². The molecule has 0 amide bonds. The highest BCUT2D eigenvalue weighted by Crippen LogP contribution is 2.66. The van der Waals surface area contributed by atoms with Gasteiger partial charge in [0.05, 0.1) is 32.9 Å². The quantitative estimate of drug-likeness (QED) is 0.140. The summed E-state index contributed by atoms with van der Waals surface area (Å²) >= 11 is 7.38. The van der Waals surface area contributed by atoms with Gasteiger partial charge in [-0.1, -0.05) is 392 Å². The van der Waals surface area contributed by atoms with Gasteiger partial charge in [-0.15, -0.1) is 22.7 Å². The average Bonchev–Trinajstić information content (AvgIpc) is 1.51. The molecular weight excluding hydrogens is 1810 g/mol. The van der Waals surface area contributed by atoms with Gasteiger partial charge < -0.3 is 19.4 Å². The van der Waals surface area contributed by atoms with E-state index >= 15 is 0 Å². The molecule has 0 saturated heterocycles. The zero-order chi connectivity index (χ0) is 93.0. The van der Waals surface area contributed by atoms with Crippen LogP contribution in [0.3, 0.4) is 0 Å². The Hall–Kier alpha value is -17.0. The number of nitrogens with zero attached hydrogens (tertiary/aromatic N) is 3. The van der Waals surface area contributed by atoms with E-state index in [0.717, 1.165) is 32.9 Å². The second-order valence-corrected chi connectivity index (χ2v) is 40.3. The number of aromatic nitrogens is 2. The van der Waals surface area contributed by atoms with E-state index in [1.165, 1.54) is 229 Å². The number of rotatable bonds is 11. The predicted molar refractivity (Wildman–Crippen MR) is 600 cm³/mol. The third-order valence-electron chi connectivity index (χ3n) is 29.9. The number of hydrogen-bond donors (Lipinski definition) is 1. The van der Waals surface area contributed by atoms with Crippen molar-refractivity contribution in [2.45, 2.75) is 10.8 Å². The number of thiophene rings is 2. The molecule has 1 N–H and O–H groups in total. The largest absolute Gasteiger partial charge is 0.356 e. The van der Waals surface area contributed by atoms with Crippen molar-refractivity contribution in [2.24, 2.45) is 0 Å². The zero-order valence-corrected chi connectivity index (χ0v) is 79.8. The molecule has 0 bridgehead atoms. The SMILES string of the molecule is Brc1ccc(-c2cc3c4ccccc4n(-c4ccccc4)c3c3c2sc2ccccc23)cc1.c1ccc(-c2ccc(N(c3ccc(-c4cc5c6ccccc6n(-c6ccccc6)c5c5c4sc4ccccc45)cc3)c3ccc4c(c3)C3(c5ccccc5-c5ccccc53)c3ccccc3-4)cc2)cc1.c1ccc(-c2ccc(Nc3ccc4c(c3)C3(c5ccccc5-c5ccccc53)c3ccccc3-4)cc2)cc1. The van der Waals surface area contributed by atoms with E-state index < -0.39 is 5.41 Å². The topological polar surface area (TPSA) is 25.1 Å². The van der Waals surface area contributed by atoms with Crippen LogP contribution in [0.5, 0.6) is 0 Å². The molecule has 22 aromatic carbocycles. The standard InChI is InChI=1S/C67H42N2S.C37H25N.C30H18BrNS/c1-3-17-43(18-4-1)44-31-35-47(36-32-44)68(49-39-40-53-52-23-9-14-28-60(52)67(61(53)41-49)58-26-12-7-21-50(58)51-22-8-13-27-59(51)67)48-37-33-45(34-38-48)56-42-57-54-24-10-15-29-62(54)69(46-19-5-2-6-20-46)65(57)64-55-25-11-16-30-63(55)70-66(56)64;1-2-10-25(11-3-1)26-18-20-27(21-19-26)38-28-22-23-32-31-14-6-9-17-35(31)37(36(32)24-28)33-15-7-4-12-29(33)30-13-5-8-16-34(30)37;31-20-16-14-19(15-17-20)24-18-25-22-10-4-6-12-26(22)32(21-8-2-1-3-9-21)29(25)28-23-11-5-7-13-27(23)33-30(24)28/h1-42H;1-24,38H;1-18H. The zero-order valence-electron chi connectivity index (χ0n) is 76.5. The van der Waals surface area contributed by atoms with E-state index in [4.69, 9.17) is 0 Å². The molecule has 0 unspecified atom stereocenters. The highest BCUT2D eigenvalue weighted by atomic mass is 79.9. The van der Waals surface area contributed by atoms with Crippen LogP contribution < -0.4 is 10.2 Å². The van der Waals surface area contributed by atoms with Gasteiger partial charge in [0.1, 0.15) is 0 Å². The number of hydrogen-bond acceptors (Lipinski definition) is 4. The molecule has 0 radical (unpaired) electrons. The summed E-state index contributed by atoms with van der Waals surface area (Å²) in [4.78, 5) is 2.45. The Balaban J connectivity index is 0.000000115. The van der Waals surface area contributed by atoms with Crippen LogP contribution in [-0.4, -0.2) is 9.13 Å². The Labute approximate surface area is 833 Å². The van der Waals surface area contributed by atoms with Gasteiger partial charge in [0.15, 0.2) is 0 Å². The maximum atomic E-state index is 3.69. The molecule has 660 valence electrons. The van der Waals surface area contributed by atoms with E-state index in [-0.39, 0.29) is 5.41 Å². The van der Waals surface area contributed by atoms with E-state index in [9.17, 15) is 0 Å². The monoisotopic (exact) mass is 1890 g/mol. The first-order valence-electron chi connectivity index (χ1n) is 48.4. The lowest BCUT2D eigenvalue weighted by Gasteiger charge is -2.32. The minimum Gasteiger partial charge on any atom is -0.356 e. The minimum atomic E-state index is -0.445. The minimum absolute atomic E-state index is 0.312. The van der Waals surface area contributed by atoms with Crippen LogP contribution in [0.2, 0.25) is 0 Å². The van der Waals surface area contributed by atoms with E-state index in [2.05, 4.69) is 545 Å². The lowest BCUT2D eigenvalue weighted by Crippen LogP contribution is -2.26. The molecule has 4 heterocycles. The number of nitrogens with one attached hydrogen (secondary N) is 1. The van der Waals surface area contributed by atoms with Gasteiger partial charge in [0.2, 0.25) is 0 Å². The van der Waals surface area contributed by atoms with Crippen LogP contribution in [0.15, 0.2) is 514 Å². The lowest BCUT2D eigenvalue weighted by molar-refractivity contribution is 0.793. The van der Waals surface area contributed by atoms with Crippen LogP contribution in [0, 0.1) is 0 Å². The van der Waals surface area contributed by atoms with Crippen molar-refractivity contribution in [1.29, 1.82) is 0 Å². The fraction of sp³-hybridized carbons (Fsp3) is 0.0149. The summed E-state index contributed by atoms with van der Waals surface area (Å²) in [5, 5.41) is 14.0. The van der Waals surface area contributed by atoms with E-state index in [1.54, 1.807) is 0 Å². The summed E-state index contributed by atoms with van der Waals surface area (Å²) in [6, 6.07) is 187. The van der Waals surface area contributed by atoms with Gasteiger partial charge >= 0.3 is 0 Å². The Morgan fingerprint density at radius 3 is 0.922 bits per heavy atom.